The molecule has 0 amide bonds. The minimum Gasteiger partial charge on any atom is -0.465 e. The smallest absolute Gasteiger partial charge is 0.337 e. The van der Waals surface area contributed by atoms with Gasteiger partial charge in [-0.2, -0.15) is 0 Å². The average Bonchev–Trinajstić information content (AvgIpc) is 3.39. The van der Waals surface area contributed by atoms with Crippen molar-refractivity contribution in [1.82, 2.24) is 20.2 Å². The van der Waals surface area contributed by atoms with Gasteiger partial charge in [0.15, 0.2) is 0 Å². The Bertz CT molecular complexity index is 960. The van der Waals surface area contributed by atoms with E-state index in [1.807, 2.05) is 6.92 Å². The molecular weight excluding hydrogens is 366 g/mol. The van der Waals surface area contributed by atoms with Crippen LogP contribution in [-0.4, -0.2) is 46.4 Å². The van der Waals surface area contributed by atoms with Crippen molar-refractivity contribution in [2.45, 2.75) is 20.0 Å². The summed E-state index contributed by atoms with van der Waals surface area (Å²) in [6, 6.07) is 8.12. The molecule has 0 aliphatic carbocycles. The number of benzene rings is 1. The number of furan rings is 1. The highest BCUT2D eigenvalue weighted by Gasteiger charge is 2.16. The van der Waals surface area contributed by atoms with Gasteiger partial charge in [0.25, 0.3) is 0 Å². The van der Waals surface area contributed by atoms with Gasteiger partial charge in [0.05, 0.1) is 31.9 Å². The Labute approximate surface area is 160 Å². The first-order valence-corrected chi connectivity index (χ1v) is 8.46. The van der Waals surface area contributed by atoms with Gasteiger partial charge in [-0.25, -0.2) is 14.3 Å². The maximum Gasteiger partial charge on any atom is 0.337 e. The number of aryl methyl sites for hydroxylation is 1. The minimum atomic E-state index is -0.563. The molecule has 10 nitrogen and oxygen atoms in total. The topological polar surface area (TPSA) is 121 Å². The predicted octanol–water partition coefficient (Wildman–Crippen LogP) is 2.14. The summed E-state index contributed by atoms with van der Waals surface area (Å²) < 4.78 is 17.0. The van der Waals surface area contributed by atoms with Crippen LogP contribution < -0.4 is 5.32 Å². The van der Waals surface area contributed by atoms with E-state index in [1.54, 1.807) is 28.9 Å². The van der Waals surface area contributed by atoms with E-state index in [-0.39, 0.29) is 11.1 Å². The fourth-order valence-electron chi connectivity index (χ4n) is 2.58. The molecule has 0 saturated carbocycles. The average molecular weight is 385 g/mol. The molecule has 2 heterocycles. The van der Waals surface area contributed by atoms with Crippen molar-refractivity contribution in [3.8, 4) is 11.3 Å². The monoisotopic (exact) mass is 385 g/mol. The molecule has 0 unspecified atom stereocenters. The molecule has 3 rings (SSSR count). The van der Waals surface area contributed by atoms with Crippen LogP contribution in [-0.2, 0) is 22.6 Å². The third kappa shape index (κ3) is 4.00. The second-order valence-electron chi connectivity index (χ2n) is 5.72. The molecule has 0 saturated heterocycles. The fraction of sp³-hybridized carbons (Fsp3) is 0.278. The number of esters is 2. The number of hydrogen-bond acceptors (Lipinski definition) is 9. The van der Waals surface area contributed by atoms with Crippen molar-refractivity contribution in [3.05, 3.63) is 47.2 Å². The summed E-state index contributed by atoms with van der Waals surface area (Å²) in [6.45, 7) is 2.93. The lowest BCUT2D eigenvalue weighted by Crippen LogP contribution is -2.07. The molecule has 0 radical (unpaired) electrons. The standard InChI is InChI=1S/C18H19N5O5/c1-4-23-18(20-21-22-23)19-10-14-5-6-15(28-14)11-7-12(16(24)26-2)9-13(8-11)17(25)27-3/h5-9H,4,10H2,1-3H3,(H,19,20,22). The zero-order valence-electron chi connectivity index (χ0n) is 15.6. The second-order valence-corrected chi connectivity index (χ2v) is 5.72. The summed E-state index contributed by atoms with van der Waals surface area (Å²) in [4.78, 5) is 23.8. The van der Waals surface area contributed by atoms with Crippen LogP contribution in [0.4, 0.5) is 5.95 Å². The van der Waals surface area contributed by atoms with Crippen LogP contribution in [0.15, 0.2) is 34.7 Å². The van der Waals surface area contributed by atoms with E-state index in [9.17, 15) is 9.59 Å². The zero-order chi connectivity index (χ0) is 20.1. The van der Waals surface area contributed by atoms with Crippen molar-refractivity contribution in [2.75, 3.05) is 19.5 Å². The van der Waals surface area contributed by atoms with Crippen LogP contribution in [0.5, 0.6) is 0 Å². The zero-order valence-corrected chi connectivity index (χ0v) is 15.6. The number of methoxy groups -OCH3 is 2. The predicted molar refractivity (Wildman–Crippen MR) is 97.6 cm³/mol. The molecule has 0 fully saturated rings. The van der Waals surface area contributed by atoms with Gasteiger partial charge in [-0.3, -0.25) is 0 Å². The van der Waals surface area contributed by atoms with E-state index in [4.69, 9.17) is 13.9 Å². The number of nitrogens with one attached hydrogen (secondary N) is 1. The summed E-state index contributed by atoms with van der Waals surface area (Å²) in [7, 11) is 2.54. The van der Waals surface area contributed by atoms with Gasteiger partial charge in [-0.05, 0) is 47.7 Å². The highest BCUT2D eigenvalue weighted by atomic mass is 16.5. The van der Waals surface area contributed by atoms with Gasteiger partial charge in [0.2, 0.25) is 5.95 Å². The summed E-state index contributed by atoms with van der Waals surface area (Å²) in [5, 5.41) is 14.4. The summed E-state index contributed by atoms with van der Waals surface area (Å²) in [5.74, 6) is 0.520. The molecule has 1 N–H and O–H groups in total. The highest BCUT2D eigenvalue weighted by molar-refractivity contribution is 5.97. The molecule has 10 heteroatoms. The molecule has 28 heavy (non-hydrogen) atoms. The number of carbonyl (C=O) groups is 2. The van der Waals surface area contributed by atoms with Crippen LogP contribution in [0.3, 0.4) is 0 Å². The number of aromatic nitrogens is 4. The third-order valence-corrected chi connectivity index (χ3v) is 3.97. The van der Waals surface area contributed by atoms with Crippen LogP contribution >= 0.6 is 0 Å². The Balaban J connectivity index is 1.85. The van der Waals surface area contributed by atoms with Gasteiger partial charge >= 0.3 is 11.9 Å². The lowest BCUT2D eigenvalue weighted by Gasteiger charge is -2.07. The molecule has 1 aromatic carbocycles. The number of rotatable bonds is 7. The molecule has 3 aromatic rings. The number of hydrogen-bond donors (Lipinski definition) is 1. The van der Waals surface area contributed by atoms with Crippen molar-refractivity contribution in [2.24, 2.45) is 0 Å². The Morgan fingerprint density at radius 1 is 1.11 bits per heavy atom. The number of anilines is 1. The van der Waals surface area contributed by atoms with Crippen molar-refractivity contribution >= 4 is 17.9 Å². The van der Waals surface area contributed by atoms with Gasteiger partial charge in [0.1, 0.15) is 11.5 Å². The molecule has 0 spiro atoms. The van der Waals surface area contributed by atoms with E-state index in [0.717, 1.165) is 0 Å². The van der Waals surface area contributed by atoms with Crippen LogP contribution in [0.25, 0.3) is 11.3 Å². The minimum absolute atomic E-state index is 0.221. The molecule has 0 atom stereocenters. The fourth-order valence-corrected chi connectivity index (χ4v) is 2.58. The normalized spacial score (nSPS) is 10.5. The van der Waals surface area contributed by atoms with Crippen LogP contribution in [0.2, 0.25) is 0 Å². The quantitative estimate of drug-likeness (QED) is 0.609. The van der Waals surface area contributed by atoms with E-state index in [1.165, 1.54) is 20.3 Å². The van der Waals surface area contributed by atoms with Gasteiger partial charge in [-0.15, -0.1) is 0 Å². The third-order valence-electron chi connectivity index (χ3n) is 3.97. The van der Waals surface area contributed by atoms with Gasteiger partial charge < -0.3 is 19.2 Å². The largest absolute Gasteiger partial charge is 0.465 e. The van der Waals surface area contributed by atoms with Crippen molar-refractivity contribution in [3.63, 3.8) is 0 Å². The molecule has 146 valence electrons. The first kappa shape index (κ1) is 19.1. The number of tetrazole rings is 1. The summed E-state index contributed by atoms with van der Waals surface area (Å²) in [6.07, 6.45) is 0. The van der Waals surface area contributed by atoms with Crippen molar-refractivity contribution < 1.29 is 23.5 Å². The van der Waals surface area contributed by atoms with E-state index in [0.29, 0.717) is 36.1 Å². The highest BCUT2D eigenvalue weighted by Crippen LogP contribution is 2.26. The van der Waals surface area contributed by atoms with Gasteiger partial charge in [0, 0.05) is 12.1 Å². The second kappa shape index (κ2) is 8.33. The van der Waals surface area contributed by atoms with E-state index >= 15 is 0 Å². The molecule has 0 bridgehead atoms. The first-order chi connectivity index (χ1) is 13.5. The Morgan fingerprint density at radius 2 is 1.79 bits per heavy atom. The Morgan fingerprint density at radius 3 is 2.39 bits per heavy atom. The lowest BCUT2D eigenvalue weighted by molar-refractivity contribution is 0.0599. The molecule has 0 aliphatic rings. The van der Waals surface area contributed by atoms with Gasteiger partial charge in [-0.1, -0.05) is 5.10 Å². The van der Waals surface area contributed by atoms with Crippen LogP contribution in [0, 0.1) is 0 Å². The van der Waals surface area contributed by atoms with E-state index < -0.39 is 11.9 Å². The first-order valence-electron chi connectivity index (χ1n) is 8.46. The van der Waals surface area contributed by atoms with Crippen molar-refractivity contribution in [1.29, 1.82) is 0 Å². The Hall–Kier alpha value is -3.69. The SMILES string of the molecule is CCn1nnnc1NCc1ccc(-c2cc(C(=O)OC)cc(C(=O)OC)c2)o1. The van der Waals surface area contributed by atoms with Crippen LogP contribution in [0.1, 0.15) is 33.4 Å². The number of ether oxygens (including phenoxy) is 2. The number of carbonyl (C=O) groups excluding carboxylic acids is 2. The summed E-state index contributed by atoms with van der Waals surface area (Å²) >= 11 is 0. The molecule has 0 aliphatic heterocycles. The summed E-state index contributed by atoms with van der Waals surface area (Å²) in [5.41, 5.74) is 0.991. The lowest BCUT2D eigenvalue weighted by atomic mass is 10.0. The maximum absolute atomic E-state index is 11.9. The Kier molecular flexibility index (Phi) is 5.68. The number of nitrogens with zero attached hydrogens (tertiary/aromatic N) is 4. The van der Waals surface area contributed by atoms with E-state index in [2.05, 4.69) is 20.8 Å². The maximum atomic E-state index is 11.9. The molecular formula is C18H19N5O5. The molecule has 2 aromatic heterocycles.